The Kier molecular flexibility index (Phi) is 4.36. The van der Waals surface area contributed by atoms with Crippen LogP contribution in [-0.2, 0) is 6.42 Å². The van der Waals surface area contributed by atoms with Gasteiger partial charge in [0.15, 0.2) is 0 Å². The first-order valence-corrected chi connectivity index (χ1v) is 9.23. The Hall–Kier alpha value is -0.500. The summed E-state index contributed by atoms with van der Waals surface area (Å²) in [4.78, 5) is 0.670. The van der Waals surface area contributed by atoms with Gasteiger partial charge < -0.3 is 4.74 Å². The molecule has 1 aliphatic carbocycles. The molecule has 1 aliphatic heterocycles. The molecule has 1 heterocycles. The topological polar surface area (TPSA) is 9.23 Å². The van der Waals surface area contributed by atoms with Crippen molar-refractivity contribution in [2.45, 2.75) is 63.8 Å². The minimum Gasteiger partial charge on any atom is -0.490 e. The van der Waals surface area contributed by atoms with Gasteiger partial charge in [0.25, 0.3) is 0 Å². The smallest absolute Gasteiger partial charge is 0.123 e. The van der Waals surface area contributed by atoms with Crippen molar-refractivity contribution >= 4 is 15.9 Å². The summed E-state index contributed by atoms with van der Waals surface area (Å²) in [5.41, 5.74) is 1.82. The number of fused-ring (bicyclic) bond motifs is 1. The Labute approximate surface area is 137 Å². The standard InChI is InChI=1S/C19H27BrO/c1-19(2,3)15-8-9-17(20)14(10-15)12-16-11-13-6-4-5-7-18(13)21-16/h4-7,14-17H,8-12H2,1-3H3. The molecule has 4 unspecified atom stereocenters. The number of hydrogen-bond acceptors (Lipinski definition) is 1. The normalized spacial score (nSPS) is 32.6. The van der Waals surface area contributed by atoms with Crippen molar-refractivity contribution in [2.24, 2.45) is 17.3 Å². The molecule has 0 bridgehead atoms. The number of halogens is 1. The number of rotatable bonds is 2. The molecule has 0 amide bonds. The minimum atomic E-state index is 0.381. The third-order valence-corrected chi connectivity index (χ3v) is 6.60. The number of hydrogen-bond donors (Lipinski definition) is 0. The first-order valence-electron chi connectivity index (χ1n) is 8.32. The van der Waals surface area contributed by atoms with Crippen LogP contribution >= 0.6 is 15.9 Å². The predicted octanol–water partition coefficient (Wildman–Crippen LogP) is 5.61. The van der Waals surface area contributed by atoms with Crippen molar-refractivity contribution in [3.63, 3.8) is 0 Å². The average molecular weight is 351 g/mol. The molecule has 1 aromatic carbocycles. The lowest BCUT2D eigenvalue weighted by Gasteiger charge is -2.40. The van der Waals surface area contributed by atoms with E-state index in [0.717, 1.165) is 24.0 Å². The maximum atomic E-state index is 6.16. The molecule has 0 radical (unpaired) electrons. The van der Waals surface area contributed by atoms with Gasteiger partial charge in [0.2, 0.25) is 0 Å². The number of ether oxygens (including phenoxy) is 1. The highest BCUT2D eigenvalue weighted by Crippen LogP contribution is 2.45. The first-order chi connectivity index (χ1) is 9.93. The van der Waals surface area contributed by atoms with Crippen molar-refractivity contribution in [3.8, 4) is 5.75 Å². The molecule has 1 fully saturated rings. The summed E-state index contributed by atoms with van der Waals surface area (Å²) in [6.45, 7) is 7.18. The van der Waals surface area contributed by atoms with E-state index in [2.05, 4.69) is 61.0 Å². The average Bonchev–Trinajstić information content (AvgIpc) is 2.82. The van der Waals surface area contributed by atoms with E-state index in [1.54, 1.807) is 0 Å². The summed E-state index contributed by atoms with van der Waals surface area (Å²) in [6, 6.07) is 8.51. The zero-order valence-electron chi connectivity index (χ0n) is 13.4. The van der Waals surface area contributed by atoms with E-state index in [1.807, 2.05) is 0 Å². The molecule has 0 N–H and O–H groups in total. The highest BCUT2D eigenvalue weighted by molar-refractivity contribution is 9.09. The Morgan fingerprint density at radius 1 is 1.19 bits per heavy atom. The van der Waals surface area contributed by atoms with Crippen LogP contribution in [0.2, 0.25) is 0 Å². The lowest BCUT2D eigenvalue weighted by atomic mass is 9.68. The predicted molar refractivity (Wildman–Crippen MR) is 92.2 cm³/mol. The van der Waals surface area contributed by atoms with E-state index in [0.29, 0.717) is 16.3 Å². The van der Waals surface area contributed by atoms with Gasteiger partial charge in [-0.1, -0.05) is 54.9 Å². The molecular weight excluding hydrogens is 324 g/mol. The molecule has 116 valence electrons. The van der Waals surface area contributed by atoms with Crippen molar-refractivity contribution in [1.82, 2.24) is 0 Å². The molecule has 1 nitrogen and oxygen atoms in total. The largest absolute Gasteiger partial charge is 0.490 e. The zero-order chi connectivity index (χ0) is 15.0. The summed E-state index contributed by atoms with van der Waals surface area (Å²) >= 11 is 3.94. The maximum Gasteiger partial charge on any atom is 0.123 e. The monoisotopic (exact) mass is 350 g/mol. The van der Waals surface area contributed by atoms with Gasteiger partial charge in [-0.25, -0.2) is 0 Å². The van der Waals surface area contributed by atoms with Crippen LogP contribution in [0.3, 0.4) is 0 Å². The molecular formula is C19H27BrO. The van der Waals surface area contributed by atoms with Crippen molar-refractivity contribution in [1.29, 1.82) is 0 Å². The number of para-hydroxylation sites is 1. The second-order valence-corrected chi connectivity index (χ2v) is 9.12. The van der Waals surface area contributed by atoms with E-state index >= 15 is 0 Å². The van der Waals surface area contributed by atoms with Crippen molar-refractivity contribution < 1.29 is 4.74 Å². The van der Waals surface area contributed by atoms with Gasteiger partial charge in [-0.2, -0.15) is 0 Å². The fourth-order valence-electron chi connectivity index (χ4n) is 3.98. The first kappa shape index (κ1) is 15.4. The van der Waals surface area contributed by atoms with E-state index in [-0.39, 0.29) is 0 Å². The van der Waals surface area contributed by atoms with Crippen LogP contribution < -0.4 is 4.74 Å². The number of benzene rings is 1. The van der Waals surface area contributed by atoms with Crippen LogP contribution in [0.15, 0.2) is 24.3 Å². The lowest BCUT2D eigenvalue weighted by Crippen LogP contribution is -2.34. The highest BCUT2D eigenvalue weighted by atomic mass is 79.9. The Balaban J connectivity index is 1.62. The molecule has 3 rings (SSSR count). The maximum absolute atomic E-state index is 6.16. The van der Waals surface area contributed by atoms with Gasteiger partial charge in [-0.05, 0) is 54.6 Å². The molecule has 1 aromatic rings. The van der Waals surface area contributed by atoms with Gasteiger partial charge in [-0.3, -0.25) is 0 Å². The van der Waals surface area contributed by atoms with Gasteiger partial charge in [0, 0.05) is 11.2 Å². The Morgan fingerprint density at radius 3 is 2.67 bits per heavy atom. The molecule has 0 saturated heterocycles. The molecule has 2 aliphatic rings. The molecule has 21 heavy (non-hydrogen) atoms. The zero-order valence-corrected chi connectivity index (χ0v) is 15.0. The van der Waals surface area contributed by atoms with E-state index < -0.39 is 0 Å². The third kappa shape index (κ3) is 3.47. The van der Waals surface area contributed by atoms with Crippen LogP contribution in [-0.4, -0.2) is 10.9 Å². The quantitative estimate of drug-likeness (QED) is 0.630. The second-order valence-electron chi connectivity index (χ2n) is 7.94. The Morgan fingerprint density at radius 2 is 1.95 bits per heavy atom. The van der Waals surface area contributed by atoms with Gasteiger partial charge >= 0.3 is 0 Å². The summed E-state index contributed by atoms with van der Waals surface area (Å²) in [7, 11) is 0. The molecule has 0 aromatic heterocycles. The fourth-order valence-corrected chi connectivity index (χ4v) is 4.68. The van der Waals surface area contributed by atoms with E-state index in [1.165, 1.54) is 31.2 Å². The van der Waals surface area contributed by atoms with Crippen LogP contribution in [0.5, 0.6) is 5.75 Å². The van der Waals surface area contributed by atoms with Crippen LogP contribution in [0.25, 0.3) is 0 Å². The van der Waals surface area contributed by atoms with Crippen molar-refractivity contribution in [2.75, 3.05) is 0 Å². The Bertz CT molecular complexity index is 466. The summed E-state index contributed by atoms with van der Waals surface area (Å²) in [5.74, 6) is 2.71. The summed E-state index contributed by atoms with van der Waals surface area (Å²) < 4.78 is 6.16. The molecule has 4 atom stereocenters. The molecule has 2 heteroatoms. The second kappa shape index (κ2) is 5.95. The van der Waals surface area contributed by atoms with Crippen LogP contribution in [0, 0.1) is 17.3 Å². The minimum absolute atomic E-state index is 0.381. The van der Waals surface area contributed by atoms with Crippen molar-refractivity contribution in [3.05, 3.63) is 29.8 Å². The van der Waals surface area contributed by atoms with Gasteiger partial charge in [0.1, 0.15) is 11.9 Å². The third-order valence-electron chi connectivity index (χ3n) is 5.39. The van der Waals surface area contributed by atoms with E-state index in [4.69, 9.17) is 4.74 Å². The van der Waals surface area contributed by atoms with Gasteiger partial charge in [0.05, 0.1) is 0 Å². The number of alkyl halides is 1. The van der Waals surface area contributed by atoms with Crippen LogP contribution in [0.4, 0.5) is 0 Å². The SMILES string of the molecule is CC(C)(C)C1CCC(Br)C(CC2Cc3ccccc3O2)C1. The lowest BCUT2D eigenvalue weighted by molar-refractivity contribution is 0.114. The fraction of sp³-hybridized carbons (Fsp3) is 0.684. The van der Waals surface area contributed by atoms with E-state index in [9.17, 15) is 0 Å². The van der Waals surface area contributed by atoms with Crippen LogP contribution in [0.1, 0.15) is 52.0 Å². The summed E-state index contributed by atoms with van der Waals surface area (Å²) in [5, 5.41) is 0. The summed E-state index contributed by atoms with van der Waals surface area (Å²) in [6.07, 6.45) is 6.68. The highest BCUT2D eigenvalue weighted by Gasteiger charge is 2.37. The molecule has 1 saturated carbocycles. The molecule has 0 spiro atoms. The van der Waals surface area contributed by atoms with Gasteiger partial charge in [-0.15, -0.1) is 0 Å².